The molecule has 108 valence electrons. The molecule has 0 aliphatic heterocycles. The van der Waals surface area contributed by atoms with Gasteiger partial charge in [-0.15, -0.1) is 0 Å². The van der Waals surface area contributed by atoms with Gasteiger partial charge in [-0.25, -0.2) is 0 Å². The summed E-state index contributed by atoms with van der Waals surface area (Å²) in [6, 6.07) is -0.216. The van der Waals surface area contributed by atoms with E-state index in [1.54, 1.807) is 0 Å². The van der Waals surface area contributed by atoms with Gasteiger partial charge >= 0.3 is 5.97 Å². The molecule has 0 aliphatic carbocycles. The minimum atomic E-state index is -1.02. The van der Waals surface area contributed by atoms with Crippen LogP contribution in [0.15, 0.2) is 0 Å². The maximum atomic E-state index is 12.0. The van der Waals surface area contributed by atoms with Gasteiger partial charge in [0.25, 0.3) is 0 Å². The molecule has 4 heteroatoms. The summed E-state index contributed by atoms with van der Waals surface area (Å²) in [5.74, 6) is -0.301. The number of aliphatic hydroxyl groups excluding tert-OH is 1. The van der Waals surface area contributed by atoms with Crippen molar-refractivity contribution in [1.29, 1.82) is 0 Å². The number of rotatable bonds is 10. The van der Waals surface area contributed by atoms with Gasteiger partial charge in [-0.1, -0.05) is 46.5 Å². The molecule has 1 N–H and O–H groups in total. The van der Waals surface area contributed by atoms with Crippen molar-refractivity contribution in [1.82, 2.24) is 4.90 Å². The molecule has 0 aromatic carbocycles. The second-order valence-electron chi connectivity index (χ2n) is 4.62. The van der Waals surface area contributed by atoms with E-state index >= 15 is 0 Å². The third-order valence-electron chi connectivity index (χ3n) is 3.14. The largest absolute Gasteiger partial charge is 0.435 e. The molecule has 0 radical (unpaired) electrons. The summed E-state index contributed by atoms with van der Waals surface area (Å²) in [6.07, 6.45) is 4.36. The number of carbonyl (C=O) groups excluding carboxylic acids is 1. The Morgan fingerprint density at radius 1 is 1.17 bits per heavy atom. The van der Waals surface area contributed by atoms with Gasteiger partial charge in [-0.05, 0) is 26.4 Å². The number of nitrogens with zero attached hydrogens (tertiary/aromatic N) is 1. The van der Waals surface area contributed by atoms with Crippen LogP contribution in [0.25, 0.3) is 0 Å². The molecule has 2 atom stereocenters. The van der Waals surface area contributed by atoms with Gasteiger partial charge in [0.05, 0.1) is 0 Å². The van der Waals surface area contributed by atoms with Crippen LogP contribution in [0.3, 0.4) is 0 Å². The number of unbranched alkanes of at least 4 members (excludes halogenated alkanes) is 3. The zero-order valence-electron chi connectivity index (χ0n) is 12.3. The molecule has 0 rings (SSSR count). The summed E-state index contributed by atoms with van der Waals surface area (Å²) in [7, 11) is 0. The van der Waals surface area contributed by atoms with E-state index in [2.05, 4.69) is 11.8 Å². The average Bonchev–Trinajstić information content (AvgIpc) is 2.32. The molecular formula is C14H29NO3. The van der Waals surface area contributed by atoms with Crippen molar-refractivity contribution in [2.45, 2.75) is 72.1 Å². The molecule has 0 aliphatic rings. The average molecular weight is 259 g/mol. The van der Waals surface area contributed by atoms with Gasteiger partial charge in [-0.3, -0.25) is 9.69 Å². The van der Waals surface area contributed by atoms with E-state index in [4.69, 9.17) is 9.84 Å². The second kappa shape index (κ2) is 10.3. The number of aliphatic hydroxyl groups is 1. The molecule has 0 heterocycles. The quantitative estimate of drug-likeness (QED) is 0.372. The van der Waals surface area contributed by atoms with E-state index < -0.39 is 6.29 Å². The molecule has 4 nitrogen and oxygen atoms in total. The minimum Gasteiger partial charge on any atom is -0.435 e. The zero-order chi connectivity index (χ0) is 14.0. The van der Waals surface area contributed by atoms with Crippen LogP contribution in [0.4, 0.5) is 0 Å². The van der Waals surface area contributed by atoms with E-state index in [1.807, 2.05) is 13.8 Å². The summed E-state index contributed by atoms with van der Waals surface area (Å²) in [5.41, 5.74) is 0. The van der Waals surface area contributed by atoms with Gasteiger partial charge in [-0.2, -0.15) is 0 Å². The lowest BCUT2D eigenvalue weighted by atomic mass is 10.1. The van der Waals surface area contributed by atoms with Crippen molar-refractivity contribution in [3.8, 4) is 0 Å². The van der Waals surface area contributed by atoms with Crippen molar-refractivity contribution < 1.29 is 14.6 Å². The first-order valence-electron chi connectivity index (χ1n) is 7.19. The van der Waals surface area contributed by atoms with E-state index in [1.165, 1.54) is 19.8 Å². The van der Waals surface area contributed by atoms with Crippen LogP contribution in [-0.2, 0) is 9.53 Å². The maximum Gasteiger partial charge on any atom is 0.325 e. The van der Waals surface area contributed by atoms with Crippen LogP contribution in [0, 0.1) is 0 Å². The van der Waals surface area contributed by atoms with Crippen LogP contribution in [0.2, 0.25) is 0 Å². The van der Waals surface area contributed by atoms with E-state index in [0.29, 0.717) is 0 Å². The lowest BCUT2D eigenvalue weighted by Crippen LogP contribution is -2.43. The third-order valence-corrected chi connectivity index (χ3v) is 3.14. The first-order chi connectivity index (χ1) is 8.56. The lowest BCUT2D eigenvalue weighted by Gasteiger charge is -2.28. The van der Waals surface area contributed by atoms with E-state index in [-0.39, 0.29) is 12.0 Å². The monoisotopic (exact) mass is 259 g/mol. The van der Waals surface area contributed by atoms with Crippen LogP contribution in [0.1, 0.15) is 59.8 Å². The Bertz CT molecular complexity index is 215. The van der Waals surface area contributed by atoms with Crippen LogP contribution in [0.5, 0.6) is 0 Å². The number of ether oxygens (including phenoxy) is 1. The first kappa shape index (κ1) is 17.4. The smallest absolute Gasteiger partial charge is 0.325 e. The van der Waals surface area contributed by atoms with Crippen molar-refractivity contribution >= 4 is 5.97 Å². The molecule has 0 saturated carbocycles. The zero-order valence-corrected chi connectivity index (χ0v) is 12.3. The summed E-state index contributed by atoms with van der Waals surface area (Å²) in [6.45, 7) is 9.36. The highest BCUT2D eigenvalue weighted by atomic mass is 16.6. The van der Waals surface area contributed by atoms with Gasteiger partial charge in [0, 0.05) is 0 Å². The Morgan fingerprint density at radius 2 is 1.78 bits per heavy atom. The number of carbonyl (C=O) groups is 1. The Labute approximate surface area is 111 Å². The molecule has 2 unspecified atom stereocenters. The normalized spacial score (nSPS) is 14.6. The molecule has 0 spiro atoms. The fraction of sp³-hybridized carbons (Fsp3) is 0.929. The summed E-state index contributed by atoms with van der Waals surface area (Å²) >= 11 is 0. The molecule has 0 amide bonds. The highest BCUT2D eigenvalue weighted by Crippen LogP contribution is 2.13. The standard InChI is InChI=1S/C14H29NO3/c1-5-8-9-10-11-13(15(6-2)7-3)14(17)18-12(4)16/h12-13,16H,5-11H2,1-4H3. The molecule has 0 aromatic rings. The van der Waals surface area contributed by atoms with E-state index in [9.17, 15) is 4.79 Å². The van der Waals surface area contributed by atoms with Crippen molar-refractivity contribution in [2.24, 2.45) is 0 Å². The predicted molar refractivity (Wildman–Crippen MR) is 73.2 cm³/mol. The van der Waals surface area contributed by atoms with Gasteiger partial charge < -0.3 is 9.84 Å². The topological polar surface area (TPSA) is 49.8 Å². The fourth-order valence-corrected chi connectivity index (χ4v) is 2.12. The molecule has 0 saturated heterocycles. The van der Waals surface area contributed by atoms with Gasteiger partial charge in [0.1, 0.15) is 6.04 Å². The summed E-state index contributed by atoms with van der Waals surface area (Å²) in [4.78, 5) is 14.0. The third kappa shape index (κ3) is 6.97. The highest BCUT2D eigenvalue weighted by Gasteiger charge is 2.25. The highest BCUT2D eigenvalue weighted by molar-refractivity contribution is 5.75. The summed E-state index contributed by atoms with van der Waals surface area (Å²) < 4.78 is 4.93. The predicted octanol–water partition coefficient (Wildman–Crippen LogP) is 2.55. The molecule has 0 bridgehead atoms. The number of likely N-dealkylation sites (N-methyl/N-ethyl adjacent to an activating group) is 1. The number of hydrogen-bond donors (Lipinski definition) is 1. The SMILES string of the molecule is CCCCCCC(C(=O)OC(C)O)N(CC)CC. The van der Waals surface area contributed by atoms with Gasteiger partial charge in [0.15, 0.2) is 6.29 Å². The Kier molecular flexibility index (Phi) is 9.98. The molecular weight excluding hydrogens is 230 g/mol. The fourth-order valence-electron chi connectivity index (χ4n) is 2.12. The minimum absolute atomic E-state index is 0.216. The van der Waals surface area contributed by atoms with Crippen LogP contribution < -0.4 is 0 Å². The number of esters is 1. The van der Waals surface area contributed by atoms with Gasteiger partial charge in [0.2, 0.25) is 0 Å². The van der Waals surface area contributed by atoms with Crippen LogP contribution in [-0.4, -0.2) is 41.4 Å². The maximum absolute atomic E-state index is 12.0. The second-order valence-corrected chi connectivity index (χ2v) is 4.62. The van der Waals surface area contributed by atoms with Crippen LogP contribution >= 0.6 is 0 Å². The molecule has 18 heavy (non-hydrogen) atoms. The van der Waals surface area contributed by atoms with E-state index in [0.717, 1.165) is 32.4 Å². The first-order valence-corrected chi connectivity index (χ1v) is 7.19. The Morgan fingerprint density at radius 3 is 2.22 bits per heavy atom. The number of hydrogen-bond acceptors (Lipinski definition) is 4. The lowest BCUT2D eigenvalue weighted by molar-refractivity contribution is -0.171. The van der Waals surface area contributed by atoms with Crippen molar-refractivity contribution in [2.75, 3.05) is 13.1 Å². The molecule has 0 aromatic heterocycles. The van der Waals surface area contributed by atoms with Crippen molar-refractivity contribution in [3.05, 3.63) is 0 Å². The molecule has 0 fully saturated rings. The Hall–Kier alpha value is -0.610. The van der Waals surface area contributed by atoms with Crippen molar-refractivity contribution in [3.63, 3.8) is 0 Å². The Balaban J connectivity index is 4.36. The summed E-state index contributed by atoms with van der Waals surface area (Å²) in [5, 5.41) is 9.15.